The molecular weight excluding hydrogens is 278 g/mol. The van der Waals surface area contributed by atoms with Crippen LogP contribution in [-0.4, -0.2) is 40.8 Å². The molecule has 8 heteroatoms. The fourth-order valence-corrected chi connectivity index (χ4v) is 1.53. The first-order valence-corrected chi connectivity index (χ1v) is 6.15. The zero-order chi connectivity index (χ0) is 15.8. The number of carboxylic acids is 1. The molecule has 0 fully saturated rings. The molecule has 0 atom stereocenters. The number of ether oxygens (including phenoxy) is 1. The first-order valence-electron chi connectivity index (χ1n) is 6.15. The van der Waals surface area contributed by atoms with E-state index in [4.69, 9.17) is 5.11 Å². The van der Waals surface area contributed by atoms with E-state index < -0.39 is 12.1 Å². The maximum Gasteiger partial charge on any atom is 0.407 e. The molecular formula is C13H17N3O5. The highest BCUT2D eigenvalue weighted by atomic mass is 16.5. The summed E-state index contributed by atoms with van der Waals surface area (Å²) in [7, 11) is 1.57. The van der Waals surface area contributed by atoms with Crippen molar-refractivity contribution < 1.29 is 24.2 Å². The molecule has 21 heavy (non-hydrogen) atoms. The van der Waals surface area contributed by atoms with Crippen LogP contribution in [0.5, 0.6) is 0 Å². The lowest BCUT2D eigenvalue weighted by Gasteiger charge is -2.05. The van der Waals surface area contributed by atoms with Crippen LogP contribution in [0.4, 0.5) is 10.5 Å². The highest BCUT2D eigenvalue weighted by molar-refractivity contribution is 5.93. The second-order valence-corrected chi connectivity index (χ2v) is 4.14. The highest BCUT2D eigenvalue weighted by Gasteiger charge is 2.11. The van der Waals surface area contributed by atoms with Gasteiger partial charge < -0.3 is 25.0 Å². The van der Waals surface area contributed by atoms with Gasteiger partial charge in [-0.15, -0.1) is 0 Å². The smallest absolute Gasteiger partial charge is 0.407 e. The summed E-state index contributed by atoms with van der Waals surface area (Å²) in [5.41, 5.74) is 0.450. The largest absolute Gasteiger partial charge is 0.477 e. The monoisotopic (exact) mass is 295 g/mol. The molecule has 0 aliphatic carbocycles. The molecule has 3 N–H and O–H groups in total. The zero-order valence-electron chi connectivity index (χ0n) is 11.6. The van der Waals surface area contributed by atoms with Gasteiger partial charge in [-0.1, -0.05) is 12.7 Å². The van der Waals surface area contributed by atoms with Crippen LogP contribution in [0.2, 0.25) is 0 Å². The molecule has 0 saturated carbocycles. The fourth-order valence-electron chi connectivity index (χ4n) is 1.53. The van der Waals surface area contributed by atoms with Gasteiger partial charge in [0.05, 0.1) is 5.69 Å². The summed E-state index contributed by atoms with van der Waals surface area (Å²) in [6, 6.07) is 1.35. The normalized spacial score (nSPS) is 9.76. The van der Waals surface area contributed by atoms with Gasteiger partial charge in [0.25, 0.3) is 0 Å². The highest BCUT2D eigenvalue weighted by Crippen LogP contribution is 2.12. The van der Waals surface area contributed by atoms with Gasteiger partial charge in [0, 0.05) is 26.2 Å². The van der Waals surface area contributed by atoms with Crippen molar-refractivity contribution in [1.29, 1.82) is 0 Å². The van der Waals surface area contributed by atoms with E-state index >= 15 is 0 Å². The second-order valence-electron chi connectivity index (χ2n) is 4.14. The molecule has 8 nitrogen and oxygen atoms in total. The molecule has 1 aromatic rings. The molecule has 0 aromatic carbocycles. The van der Waals surface area contributed by atoms with Crippen molar-refractivity contribution >= 4 is 23.7 Å². The quantitative estimate of drug-likeness (QED) is 0.649. The summed E-state index contributed by atoms with van der Waals surface area (Å²) in [5, 5.41) is 13.8. The number of nitrogens with zero attached hydrogens (tertiary/aromatic N) is 1. The summed E-state index contributed by atoms with van der Waals surface area (Å²) in [6.45, 7) is 3.61. The Morgan fingerprint density at radius 2 is 2.19 bits per heavy atom. The topological polar surface area (TPSA) is 110 Å². The number of carbonyl (C=O) groups is 3. The molecule has 1 heterocycles. The number of carboxylic acid groups (broad SMARTS) is 1. The molecule has 1 aromatic heterocycles. The van der Waals surface area contributed by atoms with Crippen LogP contribution in [0.15, 0.2) is 24.9 Å². The van der Waals surface area contributed by atoms with Crippen molar-refractivity contribution in [2.45, 2.75) is 6.42 Å². The van der Waals surface area contributed by atoms with Gasteiger partial charge in [0.1, 0.15) is 12.3 Å². The molecule has 0 radical (unpaired) electrons. The first-order chi connectivity index (χ1) is 9.93. The van der Waals surface area contributed by atoms with Crippen LogP contribution in [0.3, 0.4) is 0 Å². The number of anilines is 1. The maximum atomic E-state index is 11.6. The number of nitrogens with one attached hydrogen (secondary N) is 2. The third-order valence-corrected chi connectivity index (χ3v) is 2.46. The second kappa shape index (κ2) is 7.73. The Bertz CT molecular complexity index is 550. The number of aromatic nitrogens is 1. The Labute approximate surface area is 121 Å². The van der Waals surface area contributed by atoms with Crippen LogP contribution in [0.25, 0.3) is 0 Å². The molecule has 114 valence electrons. The molecule has 0 saturated heterocycles. The molecule has 0 aliphatic heterocycles. The van der Waals surface area contributed by atoms with E-state index in [1.165, 1.54) is 22.9 Å². The Morgan fingerprint density at radius 1 is 1.48 bits per heavy atom. The number of amides is 2. The van der Waals surface area contributed by atoms with E-state index in [0.29, 0.717) is 5.69 Å². The number of aryl methyl sites for hydroxylation is 1. The molecule has 0 bridgehead atoms. The van der Waals surface area contributed by atoms with E-state index in [0.717, 1.165) is 0 Å². The summed E-state index contributed by atoms with van der Waals surface area (Å²) < 4.78 is 6.06. The van der Waals surface area contributed by atoms with Crippen LogP contribution < -0.4 is 10.6 Å². The maximum absolute atomic E-state index is 11.6. The van der Waals surface area contributed by atoms with E-state index in [9.17, 15) is 14.4 Å². The Hall–Kier alpha value is -2.77. The Kier molecular flexibility index (Phi) is 5.99. The minimum Gasteiger partial charge on any atom is -0.477 e. The number of rotatable bonds is 7. The summed E-state index contributed by atoms with van der Waals surface area (Å²) >= 11 is 0. The SMILES string of the molecule is C=CCOC(=O)NCCC(=O)Nc1cc(C(=O)O)n(C)c1. The van der Waals surface area contributed by atoms with Gasteiger partial charge in [-0.25, -0.2) is 9.59 Å². The van der Waals surface area contributed by atoms with Gasteiger partial charge in [0.2, 0.25) is 5.91 Å². The lowest BCUT2D eigenvalue weighted by atomic mass is 10.3. The van der Waals surface area contributed by atoms with Crippen LogP contribution in [0.1, 0.15) is 16.9 Å². The summed E-state index contributed by atoms with van der Waals surface area (Å²) in [6.07, 6.45) is 2.34. The van der Waals surface area contributed by atoms with E-state index in [1.807, 2.05) is 0 Å². The van der Waals surface area contributed by atoms with Gasteiger partial charge in [-0.05, 0) is 6.07 Å². The number of aromatic carboxylic acids is 1. The molecule has 1 rings (SSSR count). The number of hydrogen-bond donors (Lipinski definition) is 3. The average molecular weight is 295 g/mol. The van der Waals surface area contributed by atoms with Gasteiger partial charge >= 0.3 is 12.1 Å². The van der Waals surface area contributed by atoms with Crippen LogP contribution in [-0.2, 0) is 16.6 Å². The van der Waals surface area contributed by atoms with Crippen molar-refractivity contribution in [1.82, 2.24) is 9.88 Å². The van der Waals surface area contributed by atoms with E-state index in [-0.39, 0.29) is 31.2 Å². The van der Waals surface area contributed by atoms with Crippen molar-refractivity contribution in [3.8, 4) is 0 Å². The van der Waals surface area contributed by atoms with Crippen molar-refractivity contribution in [3.05, 3.63) is 30.6 Å². The third-order valence-electron chi connectivity index (χ3n) is 2.46. The predicted molar refractivity (Wildman–Crippen MR) is 75.2 cm³/mol. The van der Waals surface area contributed by atoms with Crippen LogP contribution >= 0.6 is 0 Å². The number of alkyl carbamates (subject to hydrolysis) is 1. The molecule has 0 spiro atoms. The summed E-state index contributed by atoms with van der Waals surface area (Å²) in [4.78, 5) is 33.6. The fraction of sp³-hybridized carbons (Fsp3) is 0.308. The van der Waals surface area contributed by atoms with Crippen molar-refractivity contribution in [2.24, 2.45) is 7.05 Å². The zero-order valence-corrected chi connectivity index (χ0v) is 11.6. The minimum absolute atomic E-state index is 0.0422. The van der Waals surface area contributed by atoms with Gasteiger partial charge in [-0.3, -0.25) is 4.79 Å². The standard InChI is InChI=1S/C13H17N3O5/c1-3-6-21-13(20)14-5-4-11(17)15-9-7-10(12(18)19)16(2)8-9/h3,7-8H,1,4-6H2,2H3,(H,14,20)(H,15,17)(H,18,19). The van der Waals surface area contributed by atoms with Gasteiger partial charge in [-0.2, -0.15) is 0 Å². The predicted octanol–water partition coefficient (Wildman–Crippen LogP) is 0.964. The number of carbonyl (C=O) groups excluding carboxylic acids is 2. The average Bonchev–Trinajstić information content (AvgIpc) is 2.77. The van der Waals surface area contributed by atoms with Crippen molar-refractivity contribution in [3.63, 3.8) is 0 Å². The lowest BCUT2D eigenvalue weighted by molar-refractivity contribution is -0.116. The lowest BCUT2D eigenvalue weighted by Crippen LogP contribution is -2.28. The van der Waals surface area contributed by atoms with Crippen molar-refractivity contribution in [2.75, 3.05) is 18.5 Å². The third kappa shape index (κ3) is 5.39. The Morgan fingerprint density at radius 3 is 2.76 bits per heavy atom. The molecule has 0 aliphatic rings. The first kappa shape index (κ1) is 16.3. The Balaban J connectivity index is 2.37. The van der Waals surface area contributed by atoms with Gasteiger partial charge in [0.15, 0.2) is 0 Å². The minimum atomic E-state index is -1.08. The molecule has 2 amide bonds. The molecule has 0 unspecified atom stereocenters. The van der Waals surface area contributed by atoms with E-state index in [2.05, 4.69) is 21.9 Å². The number of hydrogen-bond acceptors (Lipinski definition) is 4. The summed E-state index contributed by atoms with van der Waals surface area (Å²) in [5.74, 6) is -1.42. The van der Waals surface area contributed by atoms with Crippen LogP contribution in [0, 0.1) is 0 Å². The van der Waals surface area contributed by atoms with E-state index in [1.54, 1.807) is 7.05 Å².